The predicted octanol–water partition coefficient (Wildman–Crippen LogP) is 5.33. The van der Waals surface area contributed by atoms with Crippen molar-refractivity contribution in [3.63, 3.8) is 0 Å². The molecule has 10 heteroatoms. The van der Waals surface area contributed by atoms with Crippen molar-refractivity contribution in [3.05, 3.63) is 89.2 Å². The Labute approximate surface area is 229 Å². The van der Waals surface area contributed by atoms with Gasteiger partial charge in [0.25, 0.3) is 5.91 Å². The van der Waals surface area contributed by atoms with Crippen molar-refractivity contribution < 1.29 is 23.5 Å². The van der Waals surface area contributed by atoms with E-state index in [0.29, 0.717) is 28.8 Å². The van der Waals surface area contributed by atoms with E-state index >= 15 is 0 Å². The number of carbonyl (C=O) groups excluding carboxylic acids is 2. The number of benzene rings is 3. The summed E-state index contributed by atoms with van der Waals surface area (Å²) in [6.07, 6.45) is 0.509. The lowest BCUT2D eigenvalue weighted by molar-refractivity contribution is -0.121. The van der Waals surface area contributed by atoms with E-state index in [1.165, 1.54) is 38.1 Å². The standard InChI is InChI=1S/C29H27FN4O4S/c1-17-4-6-19(7-5-17)23-15-22(18-8-10-20(30)11-9-18)33-34(23)29-32-28(36)26(39-29)16-27(35)31-21-12-13-24(37-2)25(14-21)38-3/h4-14,23,26H,15-16H2,1-3H3,(H,31,35)/t23-,26+/m0/s1. The lowest BCUT2D eigenvalue weighted by Gasteiger charge is -2.23. The van der Waals surface area contributed by atoms with Gasteiger partial charge in [-0.3, -0.25) is 9.59 Å². The number of amides is 2. The number of carbonyl (C=O) groups is 2. The molecule has 2 heterocycles. The topological polar surface area (TPSA) is 92.6 Å². The summed E-state index contributed by atoms with van der Waals surface area (Å²) in [5.41, 5.74) is 4.25. The molecule has 2 aliphatic rings. The van der Waals surface area contributed by atoms with Crippen LogP contribution in [0.2, 0.25) is 0 Å². The monoisotopic (exact) mass is 546 g/mol. The van der Waals surface area contributed by atoms with Crippen LogP contribution in [0.15, 0.2) is 76.8 Å². The van der Waals surface area contributed by atoms with Crippen molar-refractivity contribution in [3.8, 4) is 11.5 Å². The summed E-state index contributed by atoms with van der Waals surface area (Å²) in [4.78, 5) is 29.9. The number of aliphatic imine (C=N–C) groups is 1. The Balaban J connectivity index is 1.32. The molecule has 0 bridgehead atoms. The number of ether oxygens (including phenoxy) is 2. The molecule has 0 spiro atoms. The molecule has 0 aromatic heterocycles. The van der Waals surface area contributed by atoms with Crippen molar-refractivity contribution in [1.29, 1.82) is 0 Å². The molecule has 200 valence electrons. The molecule has 0 radical (unpaired) electrons. The summed E-state index contributed by atoms with van der Waals surface area (Å²) in [5, 5.41) is 9.12. The van der Waals surface area contributed by atoms with Gasteiger partial charge in [0.2, 0.25) is 5.91 Å². The fourth-order valence-electron chi connectivity index (χ4n) is 4.45. The molecule has 5 rings (SSSR count). The molecule has 0 aliphatic carbocycles. The lowest BCUT2D eigenvalue weighted by atomic mass is 9.98. The van der Waals surface area contributed by atoms with Crippen LogP contribution in [0, 0.1) is 12.7 Å². The first kappa shape index (κ1) is 26.4. The molecular formula is C29H27FN4O4S. The fourth-order valence-corrected chi connectivity index (χ4v) is 5.51. The number of methoxy groups -OCH3 is 2. The number of hydrazone groups is 1. The second kappa shape index (κ2) is 11.3. The first-order chi connectivity index (χ1) is 18.8. The minimum Gasteiger partial charge on any atom is -0.493 e. The van der Waals surface area contributed by atoms with E-state index in [1.54, 1.807) is 35.3 Å². The van der Waals surface area contributed by atoms with Crippen LogP contribution in [0.1, 0.15) is 35.6 Å². The highest BCUT2D eigenvalue weighted by molar-refractivity contribution is 8.15. The molecule has 1 N–H and O–H groups in total. The SMILES string of the molecule is COc1ccc(NC(=O)C[C@H]2SC(N3N=C(c4ccc(F)cc4)C[C@H]3c3ccc(C)cc3)=NC2=O)cc1OC. The first-order valence-electron chi connectivity index (χ1n) is 12.3. The minimum absolute atomic E-state index is 0.0532. The molecule has 8 nitrogen and oxygen atoms in total. The van der Waals surface area contributed by atoms with Crippen molar-refractivity contribution in [2.75, 3.05) is 19.5 Å². The van der Waals surface area contributed by atoms with E-state index in [2.05, 4.69) is 10.3 Å². The van der Waals surface area contributed by atoms with Gasteiger partial charge in [0.15, 0.2) is 16.7 Å². The highest BCUT2D eigenvalue weighted by Gasteiger charge is 2.39. The number of thioether (sulfide) groups is 1. The van der Waals surface area contributed by atoms with Gasteiger partial charge in [-0.2, -0.15) is 10.1 Å². The molecule has 0 saturated carbocycles. The van der Waals surface area contributed by atoms with Crippen LogP contribution in [0.5, 0.6) is 11.5 Å². The average molecular weight is 547 g/mol. The maximum Gasteiger partial charge on any atom is 0.262 e. The number of hydrogen-bond donors (Lipinski definition) is 1. The van der Waals surface area contributed by atoms with Crippen LogP contribution in [-0.4, -0.2) is 47.2 Å². The van der Waals surface area contributed by atoms with Gasteiger partial charge >= 0.3 is 0 Å². The second-order valence-corrected chi connectivity index (χ2v) is 10.4. The number of amidine groups is 1. The zero-order chi connectivity index (χ0) is 27.5. The Bertz CT molecular complexity index is 1460. The normalized spacial score (nSPS) is 18.6. The molecule has 0 unspecified atom stereocenters. The van der Waals surface area contributed by atoms with Gasteiger partial charge in [-0.05, 0) is 42.3 Å². The number of halogens is 1. The van der Waals surface area contributed by atoms with E-state index in [4.69, 9.17) is 14.6 Å². The summed E-state index contributed by atoms with van der Waals surface area (Å²) in [7, 11) is 3.05. The molecule has 39 heavy (non-hydrogen) atoms. The Hall–Kier alpha value is -4.18. The van der Waals surface area contributed by atoms with Gasteiger partial charge in [-0.15, -0.1) is 0 Å². The van der Waals surface area contributed by atoms with Gasteiger partial charge in [-0.25, -0.2) is 9.40 Å². The summed E-state index contributed by atoms with van der Waals surface area (Å²) in [5.74, 6) is 0.00417. The molecule has 3 aromatic carbocycles. The van der Waals surface area contributed by atoms with Gasteiger partial charge in [0.1, 0.15) is 11.1 Å². The highest BCUT2D eigenvalue weighted by Crippen LogP contribution is 2.39. The molecule has 2 amide bonds. The summed E-state index contributed by atoms with van der Waals surface area (Å²) < 4.78 is 24.0. The van der Waals surface area contributed by atoms with E-state index < -0.39 is 5.25 Å². The van der Waals surface area contributed by atoms with Crippen LogP contribution in [0.4, 0.5) is 10.1 Å². The highest BCUT2D eigenvalue weighted by atomic mass is 32.2. The largest absolute Gasteiger partial charge is 0.493 e. The number of aryl methyl sites for hydroxylation is 1. The quantitative estimate of drug-likeness (QED) is 0.431. The summed E-state index contributed by atoms with van der Waals surface area (Å²) >= 11 is 1.22. The number of anilines is 1. The van der Waals surface area contributed by atoms with Crippen LogP contribution in [0.25, 0.3) is 0 Å². The van der Waals surface area contributed by atoms with Crippen molar-refractivity contribution >= 4 is 40.1 Å². The smallest absolute Gasteiger partial charge is 0.262 e. The molecule has 2 aliphatic heterocycles. The maximum atomic E-state index is 13.5. The van der Waals surface area contributed by atoms with Crippen LogP contribution < -0.4 is 14.8 Å². The van der Waals surface area contributed by atoms with Crippen molar-refractivity contribution in [1.82, 2.24) is 5.01 Å². The number of hydrogen-bond acceptors (Lipinski definition) is 7. The zero-order valence-electron chi connectivity index (χ0n) is 21.7. The zero-order valence-corrected chi connectivity index (χ0v) is 22.5. The predicted molar refractivity (Wildman–Crippen MR) is 150 cm³/mol. The molecular weight excluding hydrogens is 519 g/mol. The Morgan fingerprint density at radius 1 is 1.05 bits per heavy atom. The molecule has 2 atom stereocenters. The fraction of sp³-hybridized carbons (Fsp3) is 0.241. The van der Waals surface area contributed by atoms with Crippen molar-refractivity contribution in [2.24, 2.45) is 10.1 Å². The first-order valence-corrected chi connectivity index (χ1v) is 13.2. The molecule has 3 aromatic rings. The van der Waals surface area contributed by atoms with Gasteiger partial charge in [0.05, 0.1) is 26.0 Å². The van der Waals surface area contributed by atoms with Gasteiger partial charge in [0, 0.05) is 24.6 Å². The maximum absolute atomic E-state index is 13.5. The van der Waals surface area contributed by atoms with Gasteiger partial charge in [-0.1, -0.05) is 53.7 Å². The third-order valence-corrected chi connectivity index (χ3v) is 7.65. The van der Waals surface area contributed by atoms with E-state index in [0.717, 1.165) is 22.4 Å². The Kier molecular flexibility index (Phi) is 7.65. The molecule has 0 saturated heterocycles. The van der Waals surface area contributed by atoms with Crippen LogP contribution in [0.3, 0.4) is 0 Å². The van der Waals surface area contributed by atoms with E-state index in [1.807, 2.05) is 31.2 Å². The number of nitrogens with zero attached hydrogens (tertiary/aromatic N) is 3. The summed E-state index contributed by atoms with van der Waals surface area (Å²) in [6, 6.07) is 19.2. The average Bonchev–Trinajstić information content (AvgIpc) is 3.53. The summed E-state index contributed by atoms with van der Waals surface area (Å²) in [6.45, 7) is 2.02. The minimum atomic E-state index is -0.677. The molecule has 0 fully saturated rings. The van der Waals surface area contributed by atoms with E-state index in [9.17, 15) is 14.0 Å². The van der Waals surface area contributed by atoms with E-state index in [-0.39, 0.29) is 30.1 Å². The third-order valence-electron chi connectivity index (χ3n) is 6.51. The Morgan fingerprint density at radius 2 is 1.77 bits per heavy atom. The number of nitrogens with one attached hydrogen (secondary N) is 1. The second-order valence-electron chi connectivity index (χ2n) is 9.19. The Morgan fingerprint density at radius 3 is 2.46 bits per heavy atom. The van der Waals surface area contributed by atoms with Crippen molar-refractivity contribution in [2.45, 2.75) is 31.1 Å². The van der Waals surface area contributed by atoms with Gasteiger partial charge < -0.3 is 14.8 Å². The van der Waals surface area contributed by atoms with Crippen LogP contribution >= 0.6 is 11.8 Å². The third kappa shape index (κ3) is 5.80. The number of rotatable bonds is 7. The lowest BCUT2D eigenvalue weighted by Crippen LogP contribution is -2.25. The van der Waals surface area contributed by atoms with Crippen LogP contribution in [-0.2, 0) is 9.59 Å².